The van der Waals surface area contributed by atoms with Gasteiger partial charge in [-0.25, -0.2) is 9.59 Å². The third-order valence-electron chi connectivity index (χ3n) is 4.45. The molecule has 0 heterocycles. The van der Waals surface area contributed by atoms with Gasteiger partial charge in [-0.05, 0) is 48.4 Å². The number of aliphatic carboxylic acids is 1. The number of urea groups is 1. The zero-order valence-electron chi connectivity index (χ0n) is 17.4. The van der Waals surface area contributed by atoms with E-state index >= 15 is 0 Å². The molecule has 0 saturated carbocycles. The zero-order valence-corrected chi connectivity index (χ0v) is 17.4. The highest BCUT2D eigenvalue weighted by atomic mass is 16.5. The van der Waals surface area contributed by atoms with Gasteiger partial charge in [0.25, 0.3) is 0 Å². The van der Waals surface area contributed by atoms with E-state index in [9.17, 15) is 14.4 Å². The molecule has 0 spiro atoms. The number of carbonyl (C=O) groups is 3. The molecule has 0 aliphatic rings. The number of nitrogens with one attached hydrogen (secondary N) is 3. The number of amides is 3. The van der Waals surface area contributed by atoms with Crippen LogP contribution in [0.25, 0.3) is 0 Å². The minimum absolute atomic E-state index is 0.135. The average molecular weight is 433 g/mol. The van der Waals surface area contributed by atoms with Crippen LogP contribution >= 0.6 is 0 Å². The molecule has 0 bridgehead atoms. The molecule has 8 heteroatoms. The monoisotopic (exact) mass is 433 g/mol. The Kier molecular flexibility index (Phi) is 7.42. The van der Waals surface area contributed by atoms with Crippen LogP contribution in [0.1, 0.15) is 11.1 Å². The fourth-order valence-corrected chi connectivity index (χ4v) is 2.90. The molecule has 3 aromatic rings. The highest BCUT2D eigenvalue weighted by molar-refractivity contribution is 6.00. The molecule has 0 unspecified atom stereocenters. The summed E-state index contributed by atoms with van der Waals surface area (Å²) in [7, 11) is 0. The number of carbonyl (C=O) groups excluding carboxylic acids is 2. The highest BCUT2D eigenvalue weighted by Gasteiger charge is 2.08. The van der Waals surface area contributed by atoms with Crippen molar-refractivity contribution in [2.75, 3.05) is 22.6 Å². The van der Waals surface area contributed by atoms with E-state index in [-0.39, 0.29) is 18.4 Å². The lowest BCUT2D eigenvalue weighted by molar-refractivity contribution is -0.139. The van der Waals surface area contributed by atoms with Gasteiger partial charge in [-0.2, -0.15) is 0 Å². The molecule has 3 rings (SSSR count). The Morgan fingerprint density at radius 2 is 1.59 bits per heavy atom. The van der Waals surface area contributed by atoms with Crippen molar-refractivity contribution in [2.24, 2.45) is 0 Å². The molecule has 0 saturated heterocycles. The molecule has 0 fully saturated rings. The van der Waals surface area contributed by atoms with Crippen molar-refractivity contribution in [3.05, 3.63) is 83.9 Å². The molecule has 0 aliphatic heterocycles. The molecular formula is C24H23N3O5. The molecule has 0 atom stereocenters. The number of carboxylic acid groups (broad SMARTS) is 1. The van der Waals surface area contributed by atoms with E-state index in [1.54, 1.807) is 48.5 Å². The second kappa shape index (κ2) is 10.6. The van der Waals surface area contributed by atoms with Gasteiger partial charge in [-0.1, -0.05) is 36.4 Å². The fourth-order valence-electron chi connectivity index (χ4n) is 2.90. The number of anilines is 3. The van der Waals surface area contributed by atoms with Gasteiger partial charge >= 0.3 is 12.0 Å². The van der Waals surface area contributed by atoms with Crippen LogP contribution in [-0.2, 0) is 16.0 Å². The molecular weight excluding hydrogens is 410 g/mol. The average Bonchev–Trinajstić information content (AvgIpc) is 2.75. The summed E-state index contributed by atoms with van der Waals surface area (Å²) in [6, 6.07) is 20.6. The number of rotatable bonds is 8. The van der Waals surface area contributed by atoms with Crippen LogP contribution in [0, 0.1) is 6.92 Å². The first-order valence-electron chi connectivity index (χ1n) is 9.86. The Hall–Kier alpha value is -4.33. The van der Waals surface area contributed by atoms with Crippen LogP contribution < -0.4 is 20.7 Å². The largest absolute Gasteiger partial charge is 0.482 e. The van der Waals surface area contributed by atoms with Crippen molar-refractivity contribution in [3.63, 3.8) is 0 Å². The maximum atomic E-state index is 12.3. The van der Waals surface area contributed by atoms with Gasteiger partial charge in [-0.15, -0.1) is 0 Å². The number of ether oxygens (including phenoxy) is 1. The molecule has 32 heavy (non-hydrogen) atoms. The Morgan fingerprint density at radius 1 is 0.844 bits per heavy atom. The normalized spacial score (nSPS) is 10.2. The van der Waals surface area contributed by atoms with Crippen LogP contribution in [-0.4, -0.2) is 29.6 Å². The first kappa shape index (κ1) is 22.4. The maximum Gasteiger partial charge on any atom is 0.341 e. The molecule has 8 nitrogen and oxygen atoms in total. The standard InChI is InChI=1S/C24H23N3O5/c1-16-5-2-3-8-21(16)27-24(31)26-18-11-9-17(10-12-18)13-22(28)25-19-6-4-7-20(14-19)32-15-23(29)30/h2-12,14H,13,15H2,1H3,(H,25,28)(H,29,30)(H2,26,27,31). The summed E-state index contributed by atoms with van der Waals surface area (Å²) in [5.74, 6) is -0.965. The van der Waals surface area contributed by atoms with Crippen LogP contribution in [0.3, 0.4) is 0 Å². The van der Waals surface area contributed by atoms with E-state index in [0.29, 0.717) is 17.1 Å². The van der Waals surface area contributed by atoms with Gasteiger partial charge in [0.2, 0.25) is 5.91 Å². The Bertz CT molecular complexity index is 1110. The zero-order chi connectivity index (χ0) is 22.9. The molecule has 4 N–H and O–H groups in total. The lowest BCUT2D eigenvalue weighted by atomic mass is 10.1. The number of benzene rings is 3. The lowest BCUT2D eigenvalue weighted by Gasteiger charge is -2.10. The number of aryl methyl sites for hydroxylation is 1. The first-order valence-corrected chi connectivity index (χ1v) is 9.86. The molecule has 0 radical (unpaired) electrons. The second-order valence-electron chi connectivity index (χ2n) is 7.03. The fraction of sp³-hybridized carbons (Fsp3) is 0.125. The molecule has 0 aromatic heterocycles. The Balaban J connectivity index is 1.51. The Morgan fingerprint density at radius 3 is 2.31 bits per heavy atom. The van der Waals surface area contributed by atoms with Gasteiger partial charge in [-0.3, -0.25) is 4.79 Å². The van der Waals surface area contributed by atoms with E-state index < -0.39 is 12.6 Å². The van der Waals surface area contributed by atoms with E-state index in [1.165, 1.54) is 0 Å². The van der Waals surface area contributed by atoms with Crippen molar-refractivity contribution in [1.82, 2.24) is 0 Å². The van der Waals surface area contributed by atoms with E-state index in [2.05, 4.69) is 16.0 Å². The summed E-state index contributed by atoms with van der Waals surface area (Å²) in [4.78, 5) is 35.1. The van der Waals surface area contributed by atoms with Crippen molar-refractivity contribution in [3.8, 4) is 5.75 Å². The third kappa shape index (κ3) is 6.88. The van der Waals surface area contributed by atoms with Crippen molar-refractivity contribution < 1.29 is 24.2 Å². The number of carboxylic acids is 1. The van der Waals surface area contributed by atoms with Crippen molar-refractivity contribution in [1.29, 1.82) is 0 Å². The van der Waals surface area contributed by atoms with Gasteiger partial charge in [0.05, 0.1) is 6.42 Å². The molecule has 164 valence electrons. The second-order valence-corrected chi connectivity index (χ2v) is 7.03. The predicted molar refractivity (Wildman–Crippen MR) is 122 cm³/mol. The minimum atomic E-state index is -1.08. The quantitative estimate of drug-likeness (QED) is 0.423. The van der Waals surface area contributed by atoms with E-state index in [4.69, 9.17) is 9.84 Å². The maximum absolute atomic E-state index is 12.3. The van der Waals surface area contributed by atoms with Gasteiger partial charge in [0.15, 0.2) is 6.61 Å². The lowest BCUT2D eigenvalue weighted by Crippen LogP contribution is -2.20. The van der Waals surface area contributed by atoms with Gasteiger partial charge in [0, 0.05) is 23.1 Å². The number of hydrogen-bond acceptors (Lipinski definition) is 4. The number of hydrogen-bond donors (Lipinski definition) is 4. The van der Waals surface area contributed by atoms with Crippen molar-refractivity contribution >= 4 is 35.0 Å². The van der Waals surface area contributed by atoms with E-state index in [0.717, 1.165) is 16.8 Å². The summed E-state index contributed by atoms with van der Waals surface area (Å²) >= 11 is 0. The van der Waals surface area contributed by atoms with Gasteiger partial charge in [0.1, 0.15) is 5.75 Å². The summed E-state index contributed by atoms with van der Waals surface area (Å²) in [6.07, 6.45) is 0.135. The predicted octanol–water partition coefficient (Wildman–Crippen LogP) is 4.28. The highest BCUT2D eigenvalue weighted by Crippen LogP contribution is 2.18. The smallest absolute Gasteiger partial charge is 0.341 e. The van der Waals surface area contributed by atoms with Crippen LogP contribution in [0.15, 0.2) is 72.8 Å². The van der Waals surface area contributed by atoms with Gasteiger partial charge < -0.3 is 25.8 Å². The Labute approximate surface area is 185 Å². The number of para-hydroxylation sites is 1. The minimum Gasteiger partial charge on any atom is -0.482 e. The summed E-state index contributed by atoms with van der Waals surface area (Å²) in [6.45, 7) is 1.45. The summed E-state index contributed by atoms with van der Waals surface area (Å²) < 4.78 is 5.11. The molecule has 3 aromatic carbocycles. The summed E-state index contributed by atoms with van der Waals surface area (Å²) in [5, 5.41) is 17.0. The molecule has 3 amide bonds. The van der Waals surface area contributed by atoms with Crippen molar-refractivity contribution in [2.45, 2.75) is 13.3 Å². The summed E-state index contributed by atoms with van der Waals surface area (Å²) in [5.41, 5.74) is 3.57. The van der Waals surface area contributed by atoms with E-state index in [1.807, 2.05) is 31.2 Å². The van der Waals surface area contributed by atoms with Crippen LogP contribution in [0.2, 0.25) is 0 Å². The topological polar surface area (TPSA) is 117 Å². The van der Waals surface area contributed by atoms with Crippen LogP contribution in [0.5, 0.6) is 5.75 Å². The molecule has 0 aliphatic carbocycles. The first-order chi connectivity index (χ1) is 15.4. The SMILES string of the molecule is Cc1ccccc1NC(=O)Nc1ccc(CC(=O)Nc2cccc(OCC(=O)O)c2)cc1. The third-order valence-corrected chi connectivity index (χ3v) is 4.45. The van der Waals surface area contributed by atoms with Crippen LogP contribution in [0.4, 0.5) is 21.9 Å².